The number of benzene rings is 1. The van der Waals surface area contributed by atoms with Crippen LogP contribution in [-0.2, 0) is 0 Å². The van der Waals surface area contributed by atoms with E-state index in [0.717, 1.165) is 27.8 Å². The fraction of sp³-hybridized carbons (Fsp3) is 0.333. The number of hydrogen-bond acceptors (Lipinski definition) is 2. The van der Waals surface area contributed by atoms with Crippen molar-refractivity contribution in [2.75, 3.05) is 11.9 Å². The largest absolute Gasteiger partial charge is 0.388 e. The van der Waals surface area contributed by atoms with Crippen LogP contribution in [0.2, 0.25) is 5.02 Å². The molecule has 1 atom stereocenters. The number of nitrogens with one attached hydrogen (secondary N) is 1. The van der Waals surface area contributed by atoms with Gasteiger partial charge in [0.1, 0.15) is 0 Å². The summed E-state index contributed by atoms with van der Waals surface area (Å²) in [7, 11) is 0. The minimum atomic E-state index is -0.372. The summed E-state index contributed by atoms with van der Waals surface area (Å²) in [6.45, 7) is 0.786. The highest BCUT2D eigenvalue weighted by Crippen LogP contribution is 2.36. The van der Waals surface area contributed by atoms with E-state index >= 15 is 0 Å². The van der Waals surface area contributed by atoms with E-state index < -0.39 is 0 Å². The zero-order valence-corrected chi connectivity index (χ0v) is 9.76. The molecule has 2 nitrogen and oxygen atoms in total. The normalized spacial score (nSPS) is 20.7. The Balaban J connectivity index is 2.56. The van der Waals surface area contributed by atoms with Crippen molar-refractivity contribution >= 4 is 39.9 Å². The summed E-state index contributed by atoms with van der Waals surface area (Å²) in [5, 5.41) is 13.6. The molecule has 13 heavy (non-hydrogen) atoms. The highest BCUT2D eigenvalue weighted by atomic mass is 127. The molecule has 2 rings (SSSR count). The van der Waals surface area contributed by atoms with E-state index in [0.29, 0.717) is 5.02 Å². The Labute approximate surface area is 95.4 Å². The number of aliphatic hydroxyl groups is 1. The minimum absolute atomic E-state index is 0.372. The number of halogens is 2. The predicted octanol–water partition coefficient (Wildman–Crippen LogP) is 2.79. The highest BCUT2D eigenvalue weighted by Gasteiger charge is 2.19. The molecule has 4 heteroatoms. The maximum absolute atomic E-state index is 9.71. The number of fused-ring (bicyclic) bond motifs is 1. The number of rotatable bonds is 0. The van der Waals surface area contributed by atoms with Crippen molar-refractivity contribution < 1.29 is 5.11 Å². The number of anilines is 1. The van der Waals surface area contributed by atoms with Crippen LogP contribution in [0, 0.1) is 3.57 Å². The van der Waals surface area contributed by atoms with Gasteiger partial charge in [0.15, 0.2) is 0 Å². The molecule has 2 N–H and O–H groups in total. The first-order valence-corrected chi connectivity index (χ1v) is 5.55. The van der Waals surface area contributed by atoms with Crippen LogP contribution in [0.1, 0.15) is 18.1 Å². The average molecular weight is 310 g/mol. The average Bonchev–Trinajstić information content (AvgIpc) is 2.07. The van der Waals surface area contributed by atoms with Gasteiger partial charge in [-0.05, 0) is 41.1 Å². The van der Waals surface area contributed by atoms with Gasteiger partial charge >= 0.3 is 0 Å². The molecule has 1 aromatic rings. The van der Waals surface area contributed by atoms with Crippen LogP contribution in [0.25, 0.3) is 0 Å². The van der Waals surface area contributed by atoms with E-state index in [2.05, 4.69) is 27.9 Å². The van der Waals surface area contributed by atoms with Crippen LogP contribution in [0.15, 0.2) is 12.1 Å². The summed E-state index contributed by atoms with van der Waals surface area (Å²) in [5.74, 6) is 0. The predicted molar refractivity (Wildman–Crippen MR) is 62.2 cm³/mol. The van der Waals surface area contributed by atoms with Gasteiger partial charge in [-0.1, -0.05) is 11.6 Å². The van der Waals surface area contributed by atoms with Crippen molar-refractivity contribution in [2.45, 2.75) is 12.5 Å². The fourth-order valence-corrected chi connectivity index (χ4v) is 2.66. The van der Waals surface area contributed by atoms with Crippen LogP contribution >= 0.6 is 34.2 Å². The van der Waals surface area contributed by atoms with Crippen LogP contribution in [0.3, 0.4) is 0 Å². The van der Waals surface area contributed by atoms with Crippen molar-refractivity contribution in [2.24, 2.45) is 0 Å². The van der Waals surface area contributed by atoms with Crippen molar-refractivity contribution in [3.63, 3.8) is 0 Å². The molecule has 0 saturated carbocycles. The second-order valence-electron chi connectivity index (χ2n) is 3.08. The zero-order chi connectivity index (χ0) is 9.42. The third-order valence-corrected chi connectivity index (χ3v) is 3.08. The molecule has 1 aliphatic heterocycles. The first-order chi connectivity index (χ1) is 6.18. The molecule has 1 heterocycles. The van der Waals surface area contributed by atoms with Gasteiger partial charge in [0.25, 0.3) is 0 Å². The third-order valence-electron chi connectivity index (χ3n) is 2.16. The molecule has 0 radical (unpaired) electrons. The zero-order valence-electron chi connectivity index (χ0n) is 6.85. The fourth-order valence-electron chi connectivity index (χ4n) is 1.53. The lowest BCUT2D eigenvalue weighted by molar-refractivity contribution is 0.168. The van der Waals surface area contributed by atoms with Gasteiger partial charge < -0.3 is 10.4 Å². The number of aliphatic hydroxyl groups excluding tert-OH is 1. The number of hydrogen-bond donors (Lipinski definition) is 2. The van der Waals surface area contributed by atoms with Crippen molar-refractivity contribution in [1.82, 2.24) is 0 Å². The van der Waals surface area contributed by atoms with Gasteiger partial charge in [0.05, 0.1) is 16.8 Å². The Morgan fingerprint density at radius 1 is 1.54 bits per heavy atom. The Hall–Kier alpha value is -0.0000000000000000555. The van der Waals surface area contributed by atoms with Gasteiger partial charge in [-0.3, -0.25) is 0 Å². The van der Waals surface area contributed by atoms with E-state index in [1.807, 2.05) is 12.1 Å². The van der Waals surface area contributed by atoms with Gasteiger partial charge in [-0.25, -0.2) is 0 Å². The van der Waals surface area contributed by atoms with E-state index in [1.54, 1.807) is 0 Å². The molecule has 70 valence electrons. The Morgan fingerprint density at radius 3 is 3.08 bits per heavy atom. The van der Waals surface area contributed by atoms with Gasteiger partial charge in [0.2, 0.25) is 0 Å². The SMILES string of the molecule is OC1CCNc2c(Cl)cc(I)cc21. The van der Waals surface area contributed by atoms with Crippen LogP contribution in [0.4, 0.5) is 5.69 Å². The molecule has 0 aromatic heterocycles. The van der Waals surface area contributed by atoms with E-state index in [-0.39, 0.29) is 6.10 Å². The lowest BCUT2D eigenvalue weighted by atomic mass is 10.0. The monoisotopic (exact) mass is 309 g/mol. The summed E-state index contributed by atoms with van der Waals surface area (Å²) >= 11 is 8.23. The van der Waals surface area contributed by atoms with Gasteiger partial charge in [-0.2, -0.15) is 0 Å². The maximum Gasteiger partial charge on any atom is 0.0827 e. The van der Waals surface area contributed by atoms with Crippen molar-refractivity contribution in [3.05, 3.63) is 26.3 Å². The smallest absolute Gasteiger partial charge is 0.0827 e. The molecule has 1 aromatic carbocycles. The Morgan fingerprint density at radius 2 is 2.31 bits per heavy atom. The van der Waals surface area contributed by atoms with Gasteiger partial charge in [0, 0.05) is 15.7 Å². The molecular weight excluding hydrogens is 300 g/mol. The molecule has 0 spiro atoms. The highest BCUT2D eigenvalue weighted by molar-refractivity contribution is 14.1. The maximum atomic E-state index is 9.71. The molecule has 1 unspecified atom stereocenters. The summed E-state index contributed by atoms with van der Waals surface area (Å²) in [5.41, 5.74) is 1.81. The Bertz CT molecular complexity index is 343. The lowest BCUT2D eigenvalue weighted by Gasteiger charge is -2.24. The van der Waals surface area contributed by atoms with Gasteiger partial charge in [-0.15, -0.1) is 0 Å². The first-order valence-electron chi connectivity index (χ1n) is 4.09. The molecule has 0 fully saturated rings. The molecular formula is C9H9ClINO. The summed E-state index contributed by atoms with van der Waals surface area (Å²) < 4.78 is 1.06. The second kappa shape index (κ2) is 3.63. The summed E-state index contributed by atoms with van der Waals surface area (Å²) in [6.07, 6.45) is 0.382. The third kappa shape index (κ3) is 1.78. The summed E-state index contributed by atoms with van der Waals surface area (Å²) in [6, 6.07) is 3.87. The lowest BCUT2D eigenvalue weighted by Crippen LogP contribution is -2.16. The van der Waals surface area contributed by atoms with E-state index in [9.17, 15) is 5.11 Å². The first kappa shape index (κ1) is 9.55. The van der Waals surface area contributed by atoms with Crippen molar-refractivity contribution in [3.8, 4) is 0 Å². The molecule has 0 aliphatic carbocycles. The van der Waals surface area contributed by atoms with E-state index in [4.69, 9.17) is 11.6 Å². The topological polar surface area (TPSA) is 32.3 Å². The summed E-state index contributed by atoms with van der Waals surface area (Å²) in [4.78, 5) is 0. The molecule has 0 bridgehead atoms. The Kier molecular flexibility index (Phi) is 2.67. The van der Waals surface area contributed by atoms with Crippen LogP contribution in [-0.4, -0.2) is 11.7 Å². The molecule has 0 amide bonds. The molecule has 0 saturated heterocycles. The van der Waals surface area contributed by atoms with Crippen LogP contribution < -0.4 is 5.32 Å². The second-order valence-corrected chi connectivity index (χ2v) is 4.74. The molecule has 1 aliphatic rings. The quantitative estimate of drug-likeness (QED) is 0.722. The standard InChI is InChI=1S/C9H9ClINO/c10-7-4-5(11)3-6-8(13)1-2-12-9(6)7/h3-4,8,12-13H,1-2H2. The van der Waals surface area contributed by atoms with Crippen LogP contribution in [0.5, 0.6) is 0 Å². The van der Waals surface area contributed by atoms with Crippen molar-refractivity contribution in [1.29, 1.82) is 0 Å². The minimum Gasteiger partial charge on any atom is -0.388 e. The van der Waals surface area contributed by atoms with E-state index in [1.165, 1.54) is 0 Å².